The van der Waals surface area contributed by atoms with Crippen molar-refractivity contribution in [1.82, 2.24) is 0 Å². The maximum absolute atomic E-state index is 2.40. The van der Waals surface area contributed by atoms with Gasteiger partial charge < -0.3 is 0 Å². The molecule has 0 aliphatic heterocycles. The van der Waals surface area contributed by atoms with E-state index in [1.165, 1.54) is 38.0 Å². The molecule has 0 aliphatic carbocycles. The molecule has 0 saturated heterocycles. The molecule has 2 atom stereocenters. The Morgan fingerprint density at radius 2 is 0.889 bits per heavy atom. The van der Waals surface area contributed by atoms with Crippen LogP contribution in [0, 0.1) is 0 Å². The average Bonchev–Trinajstić information content (AvgIpc) is 2.33. The van der Waals surface area contributed by atoms with Crippen LogP contribution in [0.3, 0.4) is 0 Å². The van der Waals surface area contributed by atoms with E-state index in [2.05, 4.69) is 27.7 Å². The van der Waals surface area contributed by atoms with Crippen LogP contribution in [0.25, 0.3) is 0 Å². The summed E-state index contributed by atoms with van der Waals surface area (Å²) >= 11 is 0. The van der Waals surface area contributed by atoms with Gasteiger partial charge in [-0.3, -0.25) is 0 Å². The first-order valence-electron chi connectivity index (χ1n) is 7.23. The molecule has 0 radical (unpaired) electrons. The van der Waals surface area contributed by atoms with Gasteiger partial charge in [-0.2, -0.15) is 0 Å². The summed E-state index contributed by atoms with van der Waals surface area (Å²) in [6.45, 7) is 9.45. The van der Waals surface area contributed by atoms with Gasteiger partial charge in [0.25, 0.3) is 0 Å². The predicted octanol–water partition coefficient (Wildman–Crippen LogP) is 6.75. The smallest absolute Gasteiger partial charge is 0.0286 e. The lowest BCUT2D eigenvalue weighted by Crippen LogP contribution is -2.00. The summed E-state index contributed by atoms with van der Waals surface area (Å²) in [4.78, 5) is 0. The second kappa shape index (κ2) is 18.8. The van der Waals surface area contributed by atoms with Gasteiger partial charge in [0.2, 0.25) is 0 Å². The van der Waals surface area contributed by atoms with Crippen molar-refractivity contribution in [1.29, 1.82) is 0 Å². The van der Waals surface area contributed by atoms with Gasteiger partial charge in [0.05, 0.1) is 0 Å². The summed E-state index contributed by atoms with van der Waals surface area (Å²) in [5.41, 5.74) is 0. The zero-order valence-electron chi connectivity index (χ0n) is 12.8. The van der Waals surface area contributed by atoms with Crippen molar-refractivity contribution in [2.75, 3.05) is 37.0 Å². The van der Waals surface area contributed by atoms with Crippen molar-refractivity contribution < 1.29 is 0 Å². The zero-order chi connectivity index (χ0) is 12.2. The Hall–Kier alpha value is 1.82. The summed E-state index contributed by atoms with van der Waals surface area (Å²) < 4.78 is 0. The molecular weight excluding hydrogens is 390 g/mol. The summed E-state index contributed by atoms with van der Waals surface area (Å²) in [5.74, 6) is 0. The molecule has 0 nitrogen and oxygen atoms in total. The molecule has 0 aromatic heterocycles. The van der Waals surface area contributed by atoms with Crippen molar-refractivity contribution in [3.05, 3.63) is 0 Å². The lowest BCUT2D eigenvalue weighted by Gasteiger charge is -2.20. The minimum absolute atomic E-state index is 0. The third-order valence-corrected chi connectivity index (χ3v) is 9.03. The minimum Gasteiger partial charge on any atom is -0.114 e. The van der Waals surface area contributed by atoms with Gasteiger partial charge in [-0.25, -0.2) is 0 Å². The molecule has 0 aromatic rings. The molecule has 0 spiro atoms. The van der Waals surface area contributed by atoms with E-state index in [9.17, 15) is 0 Å². The topological polar surface area (TPSA) is 0 Å². The molecule has 0 N–H and O–H groups in total. The Balaban J connectivity index is -0.00000112. The first kappa shape index (κ1) is 24.8. The maximum atomic E-state index is 2.40. The predicted molar refractivity (Wildman–Crippen MR) is 105 cm³/mol. The van der Waals surface area contributed by atoms with Gasteiger partial charge in [0.1, 0.15) is 0 Å². The van der Waals surface area contributed by atoms with E-state index in [1.807, 2.05) is 0 Å². The van der Waals surface area contributed by atoms with Gasteiger partial charge >= 0.3 is 0 Å². The van der Waals surface area contributed by atoms with Crippen LogP contribution in [0.1, 0.15) is 53.4 Å². The summed E-state index contributed by atoms with van der Waals surface area (Å²) in [7, 11) is 0.797. The Kier molecular flexibility index (Phi) is 25.9. The molecule has 0 aliphatic rings. The second-order valence-electron chi connectivity index (χ2n) is 4.58. The number of rotatable bonds is 11. The van der Waals surface area contributed by atoms with Crippen LogP contribution >= 0.6 is 49.8 Å². The molecule has 0 bridgehead atoms. The maximum Gasteiger partial charge on any atom is -0.0286 e. The van der Waals surface area contributed by atoms with E-state index in [0.29, 0.717) is 15.8 Å². The van der Waals surface area contributed by atoms with E-state index in [1.54, 1.807) is 24.6 Å². The quantitative estimate of drug-likeness (QED) is 0.322. The van der Waals surface area contributed by atoms with Crippen LogP contribution in [0.15, 0.2) is 0 Å². The van der Waals surface area contributed by atoms with Crippen molar-refractivity contribution in [3.8, 4) is 0 Å². The number of hydrogen-bond acceptors (Lipinski definition) is 0. The van der Waals surface area contributed by atoms with Gasteiger partial charge in [-0.15, -0.1) is 49.8 Å². The summed E-state index contributed by atoms with van der Waals surface area (Å²) in [6.07, 6.45) is 14.9. The van der Waals surface area contributed by atoms with Crippen LogP contribution < -0.4 is 0 Å². The molecule has 0 heterocycles. The molecule has 0 aromatic carbocycles. The third-order valence-electron chi connectivity index (χ3n) is 3.28. The van der Waals surface area contributed by atoms with Crippen LogP contribution in [0.4, 0.5) is 0 Å². The number of hydrogen-bond donors (Lipinski definition) is 0. The SMILES string of the molecule is Br.Br.CCCCP(CC)CCP(CC)CCCC. The fourth-order valence-corrected chi connectivity index (χ4v) is 7.40. The first-order chi connectivity index (χ1) is 7.78. The zero-order valence-corrected chi connectivity index (χ0v) is 18.0. The van der Waals surface area contributed by atoms with E-state index in [-0.39, 0.29) is 34.0 Å². The van der Waals surface area contributed by atoms with E-state index >= 15 is 0 Å². The highest BCUT2D eigenvalue weighted by atomic mass is 79.9. The van der Waals surface area contributed by atoms with Gasteiger partial charge in [0.15, 0.2) is 0 Å². The lowest BCUT2D eigenvalue weighted by atomic mass is 10.4. The molecular formula is C14H34Br2P2. The third kappa shape index (κ3) is 14.2. The molecule has 0 rings (SSSR count). The molecule has 114 valence electrons. The molecule has 4 heteroatoms. The van der Waals surface area contributed by atoms with E-state index in [0.717, 1.165) is 0 Å². The highest BCUT2D eigenvalue weighted by Gasteiger charge is 2.09. The van der Waals surface area contributed by atoms with Crippen LogP contribution in [0.2, 0.25) is 0 Å². The monoisotopic (exact) mass is 422 g/mol. The largest absolute Gasteiger partial charge is 0.114 e. The van der Waals surface area contributed by atoms with Crippen LogP contribution in [-0.2, 0) is 0 Å². The van der Waals surface area contributed by atoms with Gasteiger partial charge in [-0.1, -0.05) is 40.5 Å². The van der Waals surface area contributed by atoms with Crippen molar-refractivity contribution in [2.24, 2.45) is 0 Å². The van der Waals surface area contributed by atoms with E-state index in [4.69, 9.17) is 0 Å². The fraction of sp³-hybridized carbons (Fsp3) is 1.00. The Morgan fingerprint density at radius 3 is 1.11 bits per heavy atom. The standard InChI is InChI=1S/C14H32P2.2BrH/c1-5-9-11-15(7-3)13-14-16(8-4)12-10-6-2;;/h5-14H2,1-4H3;2*1H. The van der Waals surface area contributed by atoms with Gasteiger partial charge in [-0.05, 0) is 49.8 Å². The van der Waals surface area contributed by atoms with Crippen LogP contribution in [0.5, 0.6) is 0 Å². The van der Waals surface area contributed by atoms with E-state index < -0.39 is 0 Å². The Labute approximate surface area is 140 Å². The highest BCUT2D eigenvalue weighted by Crippen LogP contribution is 2.43. The van der Waals surface area contributed by atoms with Crippen molar-refractivity contribution in [2.45, 2.75) is 53.4 Å². The van der Waals surface area contributed by atoms with Crippen molar-refractivity contribution >= 4 is 49.8 Å². The molecule has 0 fully saturated rings. The Morgan fingerprint density at radius 1 is 0.556 bits per heavy atom. The number of halogens is 2. The molecule has 18 heavy (non-hydrogen) atoms. The van der Waals surface area contributed by atoms with Gasteiger partial charge in [0, 0.05) is 0 Å². The molecule has 0 saturated carbocycles. The normalized spacial score (nSPS) is 13.3. The molecule has 2 unspecified atom stereocenters. The second-order valence-corrected chi connectivity index (χ2v) is 10.3. The Bertz CT molecular complexity index is 130. The van der Waals surface area contributed by atoms with Crippen LogP contribution in [-0.4, -0.2) is 37.0 Å². The van der Waals surface area contributed by atoms with Crippen molar-refractivity contribution in [3.63, 3.8) is 0 Å². The summed E-state index contributed by atoms with van der Waals surface area (Å²) in [6, 6.07) is 0. The first-order valence-corrected chi connectivity index (χ1v) is 11.0. The minimum atomic E-state index is 0. The lowest BCUT2D eigenvalue weighted by molar-refractivity contribution is 0.886. The molecule has 0 amide bonds. The highest BCUT2D eigenvalue weighted by molar-refractivity contribution is 8.93. The number of unbranched alkanes of at least 4 members (excludes halogenated alkanes) is 2. The summed E-state index contributed by atoms with van der Waals surface area (Å²) in [5, 5.41) is 0. The fourth-order valence-electron chi connectivity index (χ4n) is 1.90. The average molecular weight is 424 g/mol.